The van der Waals surface area contributed by atoms with Gasteiger partial charge in [-0.2, -0.15) is 0 Å². The second kappa shape index (κ2) is 5.23. The van der Waals surface area contributed by atoms with Crippen molar-refractivity contribution in [3.63, 3.8) is 0 Å². The summed E-state index contributed by atoms with van der Waals surface area (Å²) in [4.78, 5) is 2.26. The lowest BCUT2D eigenvalue weighted by Gasteiger charge is -2.19. The molecule has 0 radical (unpaired) electrons. The molecule has 0 spiro atoms. The van der Waals surface area contributed by atoms with E-state index in [-0.39, 0.29) is 0 Å². The van der Waals surface area contributed by atoms with Crippen LogP contribution in [0.2, 0.25) is 0 Å². The van der Waals surface area contributed by atoms with Gasteiger partial charge in [0.15, 0.2) is 0 Å². The molecule has 0 aliphatic heterocycles. The van der Waals surface area contributed by atoms with Crippen LogP contribution in [0.1, 0.15) is 26.2 Å². The average Bonchev–Trinajstić information content (AvgIpc) is 2.15. The minimum atomic E-state index is 0.757. The van der Waals surface area contributed by atoms with Crippen molar-refractivity contribution in [1.82, 2.24) is 4.90 Å². The maximum absolute atomic E-state index is 2.34. The molecule has 74 valence electrons. The van der Waals surface area contributed by atoms with E-state index in [2.05, 4.69) is 44.1 Å². The predicted molar refractivity (Wildman–Crippen MR) is 58.8 cm³/mol. The van der Waals surface area contributed by atoms with E-state index < -0.39 is 0 Å². The number of nitrogens with zero attached hydrogens (tertiary/aromatic N) is 1. The van der Waals surface area contributed by atoms with E-state index in [1.54, 1.807) is 5.57 Å². The summed E-state index contributed by atoms with van der Waals surface area (Å²) in [6.07, 6.45) is 10.5. The summed E-state index contributed by atoms with van der Waals surface area (Å²) in [6, 6.07) is 0. The molecule has 1 aliphatic carbocycles. The van der Waals surface area contributed by atoms with Crippen molar-refractivity contribution in [2.75, 3.05) is 20.6 Å². The zero-order chi connectivity index (χ0) is 9.68. The second-order valence-electron chi connectivity index (χ2n) is 4.20. The van der Waals surface area contributed by atoms with Gasteiger partial charge in [-0.3, -0.25) is 0 Å². The van der Waals surface area contributed by atoms with Crippen LogP contribution in [0.25, 0.3) is 0 Å². The van der Waals surface area contributed by atoms with Crippen LogP contribution in [0, 0.1) is 5.92 Å². The van der Waals surface area contributed by atoms with Crippen LogP contribution in [0.15, 0.2) is 23.8 Å². The average molecular weight is 179 g/mol. The molecule has 0 amide bonds. The van der Waals surface area contributed by atoms with E-state index in [1.165, 1.54) is 25.8 Å². The maximum atomic E-state index is 2.34. The normalized spacial score (nSPS) is 18.9. The van der Waals surface area contributed by atoms with Crippen molar-refractivity contribution in [3.8, 4) is 0 Å². The van der Waals surface area contributed by atoms with Crippen LogP contribution in [0.5, 0.6) is 0 Å². The van der Waals surface area contributed by atoms with Gasteiger partial charge in [0, 0.05) is 0 Å². The number of hydrogen-bond acceptors (Lipinski definition) is 1. The van der Waals surface area contributed by atoms with E-state index in [4.69, 9.17) is 0 Å². The lowest BCUT2D eigenvalue weighted by molar-refractivity contribution is 0.373. The van der Waals surface area contributed by atoms with Gasteiger partial charge in [-0.05, 0) is 45.8 Å². The molecular formula is C12H21N. The van der Waals surface area contributed by atoms with Gasteiger partial charge in [0.2, 0.25) is 0 Å². The summed E-state index contributed by atoms with van der Waals surface area (Å²) < 4.78 is 0. The fraction of sp³-hybridized carbons (Fsp3) is 0.667. The monoisotopic (exact) mass is 179 g/mol. The minimum absolute atomic E-state index is 0.757. The smallest absolute Gasteiger partial charge is 0.00192 e. The van der Waals surface area contributed by atoms with Gasteiger partial charge in [-0.15, -0.1) is 0 Å². The Kier molecular flexibility index (Phi) is 4.23. The first kappa shape index (κ1) is 10.5. The van der Waals surface area contributed by atoms with Gasteiger partial charge in [0.05, 0.1) is 0 Å². The van der Waals surface area contributed by atoms with Crippen molar-refractivity contribution < 1.29 is 0 Å². The predicted octanol–water partition coefficient (Wildman–Crippen LogP) is 2.85. The van der Waals surface area contributed by atoms with Gasteiger partial charge in [0.1, 0.15) is 0 Å². The fourth-order valence-corrected chi connectivity index (χ4v) is 1.67. The third-order valence-electron chi connectivity index (χ3n) is 2.69. The van der Waals surface area contributed by atoms with Gasteiger partial charge in [-0.1, -0.05) is 30.7 Å². The summed E-state index contributed by atoms with van der Waals surface area (Å²) >= 11 is 0. The molecule has 0 saturated carbocycles. The van der Waals surface area contributed by atoms with Crippen LogP contribution in [-0.4, -0.2) is 25.5 Å². The first-order valence-corrected chi connectivity index (χ1v) is 5.20. The summed E-state index contributed by atoms with van der Waals surface area (Å²) in [5.41, 5.74) is 1.63. The topological polar surface area (TPSA) is 3.24 Å². The Labute approximate surface area is 82.1 Å². The van der Waals surface area contributed by atoms with Crippen molar-refractivity contribution >= 4 is 0 Å². The molecule has 1 rings (SSSR count). The highest BCUT2D eigenvalue weighted by Gasteiger charge is 2.09. The molecule has 0 heterocycles. The lowest BCUT2D eigenvalue weighted by Crippen LogP contribution is -2.16. The van der Waals surface area contributed by atoms with Crippen LogP contribution in [0.3, 0.4) is 0 Å². The molecule has 0 bridgehead atoms. The van der Waals surface area contributed by atoms with E-state index >= 15 is 0 Å². The molecule has 0 aromatic heterocycles. The first-order valence-electron chi connectivity index (χ1n) is 5.20. The molecule has 1 atom stereocenters. The molecule has 1 heteroatoms. The Morgan fingerprint density at radius 3 is 2.77 bits per heavy atom. The zero-order valence-corrected chi connectivity index (χ0v) is 9.09. The molecule has 0 aromatic rings. The zero-order valence-electron chi connectivity index (χ0n) is 9.09. The highest BCUT2D eigenvalue weighted by molar-refractivity contribution is 5.19. The molecular weight excluding hydrogens is 158 g/mol. The third-order valence-corrected chi connectivity index (χ3v) is 2.69. The largest absolute Gasteiger partial charge is 0.309 e. The number of allylic oxidation sites excluding steroid dienone is 4. The van der Waals surface area contributed by atoms with E-state index in [1.807, 2.05) is 0 Å². The Hall–Kier alpha value is -0.560. The molecule has 0 saturated heterocycles. The van der Waals surface area contributed by atoms with E-state index in [0.29, 0.717) is 0 Å². The van der Waals surface area contributed by atoms with E-state index in [0.717, 1.165) is 5.92 Å². The minimum Gasteiger partial charge on any atom is -0.309 e. The quantitative estimate of drug-likeness (QED) is 0.641. The van der Waals surface area contributed by atoms with Crippen LogP contribution in [0.4, 0.5) is 0 Å². The molecule has 13 heavy (non-hydrogen) atoms. The second-order valence-corrected chi connectivity index (χ2v) is 4.20. The number of hydrogen-bond donors (Lipinski definition) is 0. The van der Waals surface area contributed by atoms with Crippen molar-refractivity contribution in [2.45, 2.75) is 26.2 Å². The molecule has 0 fully saturated rings. The Bertz CT molecular complexity index is 201. The maximum Gasteiger partial charge on any atom is -0.00192 e. The van der Waals surface area contributed by atoms with E-state index in [9.17, 15) is 0 Å². The van der Waals surface area contributed by atoms with Crippen molar-refractivity contribution in [2.24, 2.45) is 5.92 Å². The van der Waals surface area contributed by atoms with Crippen LogP contribution in [-0.2, 0) is 0 Å². The summed E-state index contributed by atoms with van der Waals surface area (Å²) in [6.45, 7) is 3.54. The molecule has 0 N–H and O–H groups in total. The number of rotatable bonds is 4. The summed E-state index contributed by atoms with van der Waals surface area (Å²) in [5.74, 6) is 0.757. The van der Waals surface area contributed by atoms with Gasteiger partial charge >= 0.3 is 0 Å². The summed E-state index contributed by atoms with van der Waals surface area (Å²) in [5, 5.41) is 0. The lowest BCUT2D eigenvalue weighted by atomic mass is 9.91. The summed E-state index contributed by atoms with van der Waals surface area (Å²) in [7, 11) is 4.28. The Morgan fingerprint density at radius 1 is 1.46 bits per heavy atom. The molecule has 1 unspecified atom stereocenters. The first-order chi connectivity index (χ1) is 6.20. The Morgan fingerprint density at radius 2 is 2.23 bits per heavy atom. The van der Waals surface area contributed by atoms with Crippen molar-refractivity contribution in [3.05, 3.63) is 23.8 Å². The standard InChI is InChI=1S/C12H21N/c1-11(9-10-13(2)3)12-7-5-4-6-8-12/h4-5,7,11H,6,8-10H2,1-3H3. The van der Waals surface area contributed by atoms with Crippen LogP contribution < -0.4 is 0 Å². The Balaban J connectivity index is 2.33. The molecule has 0 aromatic carbocycles. The van der Waals surface area contributed by atoms with Gasteiger partial charge in [-0.25, -0.2) is 0 Å². The van der Waals surface area contributed by atoms with Gasteiger partial charge < -0.3 is 4.90 Å². The molecule has 1 nitrogen and oxygen atoms in total. The highest BCUT2D eigenvalue weighted by atomic mass is 15.0. The molecule has 1 aliphatic rings. The SMILES string of the molecule is CC(CCN(C)C)C1=CC=CCC1. The van der Waals surface area contributed by atoms with Crippen molar-refractivity contribution in [1.29, 1.82) is 0 Å². The van der Waals surface area contributed by atoms with Crippen LogP contribution >= 0.6 is 0 Å². The highest BCUT2D eigenvalue weighted by Crippen LogP contribution is 2.22. The third kappa shape index (κ3) is 3.77. The van der Waals surface area contributed by atoms with Gasteiger partial charge in [0.25, 0.3) is 0 Å². The fourth-order valence-electron chi connectivity index (χ4n) is 1.67.